The zero-order valence-corrected chi connectivity index (χ0v) is 15.9. The monoisotopic (exact) mass is 398 g/mol. The van der Waals surface area contributed by atoms with Crippen LogP contribution in [0.4, 0.5) is 11.4 Å². The number of piperidine rings is 1. The highest BCUT2D eigenvalue weighted by Gasteiger charge is 2.24. The van der Waals surface area contributed by atoms with Crippen molar-refractivity contribution in [3.63, 3.8) is 0 Å². The number of nitro groups is 1. The van der Waals surface area contributed by atoms with Gasteiger partial charge in [-0.2, -0.15) is 0 Å². The first-order chi connectivity index (χ1) is 13.8. The Kier molecular flexibility index (Phi) is 5.96. The summed E-state index contributed by atoms with van der Waals surface area (Å²) >= 11 is 0. The van der Waals surface area contributed by atoms with Crippen LogP contribution in [0.5, 0.6) is 5.75 Å². The second-order valence-corrected chi connectivity index (χ2v) is 7.08. The number of carbonyl (C=O) groups is 2. The zero-order chi connectivity index (χ0) is 21.0. The molecule has 0 spiro atoms. The highest BCUT2D eigenvalue weighted by Crippen LogP contribution is 2.29. The molecule has 0 atom stereocenters. The summed E-state index contributed by atoms with van der Waals surface area (Å²) in [6.07, 6.45) is 1.94. The van der Waals surface area contributed by atoms with E-state index in [2.05, 4.69) is 17.8 Å². The fraction of sp³-hybridized carbons (Fsp3) is 0.300. The fourth-order valence-electron chi connectivity index (χ4n) is 3.21. The van der Waals surface area contributed by atoms with Crippen molar-refractivity contribution in [2.75, 3.05) is 18.0 Å². The molecule has 3 N–H and O–H groups in total. The number of phenols is 1. The quantitative estimate of drug-likeness (QED) is 0.537. The number of aromatic hydroxyl groups is 1. The maximum absolute atomic E-state index is 12.7. The number of phenolic OH excluding ortho intramolecular Hbond substituents is 1. The van der Waals surface area contributed by atoms with Gasteiger partial charge in [0.2, 0.25) is 0 Å². The summed E-state index contributed by atoms with van der Waals surface area (Å²) in [7, 11) is 0. The van der Waals surface area contributed by atoms with E-state index in [9.17, 15) is 24.8 Å². The average Bonchev–Trinajstić information content (AvgIpc) is 2.72. The number of hydrazine groups is 1. The van der Waals surface area contributed by atoms with Crippen LogP contribution in [-0.4, -0.2) is 34.9 Å². The molecule has 1 heterocycles. The van der Waals surface area contributed by atoms with Crippen LogP contribution < -0.4 is 15.8 Å². The Bertz CT molecular complexity index is 921. The average molecular weight is 398 g/mol. The lowest BCUT2D eigenvalue weighted by molar-refractivity contribution is -0.384. The Morgan fingerprint density at radius 1 is 1.07 bits per heavy atom. The summed E-state index contributed by atoms with van der Waals surface area (Å²) in [4.78, 5) is 37.5. The Balaban J connectivity index is 1.78. The van der Waals surface area contributed by atoms with Crippen molar-refractivity contribution < 1.29 is 19.6 Å². The molecule has 1 fully saturated rings. The number of carbonyl (C=O) groups excluding carboxylic acids is 2. The van der Waals surface area contributed by atoms with E-state index >= 15 is 0 Å². The Hall–Kier alpha value is -3.62. The van der Waals surface area contributed by atoms with Crippen molar-refractivity contribution in [1.29, 1.82) is 0 Å². The molecule has 1 aliphatic heterocycles. The molecule has 2 aromatic carbocycles. The molecule has 0 bridgehead atoms. The van der Waals surface area contributed by atoms with Crippen LogP contribution in [0, 0.1) is 16.0 Å². The normalized spacial score (nSPS) is 14.3. The van der Waals surface area contributed by atoms with Gasteiger partial charge in [0.1, 0.15) is 5.75 Å². The Labute approximate surface area is 167 Å². The van der Waals surface area contributed by atoms with Crippen LogP contribution in [0.1, 0.15) is 40.5 Å². The number of amides is 2. The first-order valence-corrected chi connectivity index (χ1v) is 9.28. The van der Waals surface area contributed by atoms with Crippen molar-refractivity contribution in [3.05, 3.63) is 63.7 Å². The van der Waals surface area contributed by atoms with Gasteiger partial charge in [0.15, 0.2) is 0 Å². The van der Waals surface area contributed by atoms with Gasteiger partial charge in [-0.1, -0.05) is 6.92 Å². The smallest absolute Gasteiger partial charge is 0.272 e. The lowest BCUT2D eigenvalue weighted by Gasteiger charge is -2.33. The second-order valence-electron chi connectivity index (χ2n) is 7.08. The number of benzene rings is 2. The number of rotatable bonds is 4. The molecular weight excluding hydrogens is 376 g/mol. The Morgan fingerprint density at radius 2 is 1.69 bits per heavy atom. The van der Waals surface area contributed by atoms with Crippen LogP contribution in [0.25, 0.3) is 0 Å². The standard InChI is InChI=1S/C20H22N4O5/c1-13-8-10-23(11-9-13)18-7-4-15(24(28)29)12-17(18)20(27)22-21-19(26)14-2-5-16(25)6-3-14/h2-7,12-13,25H,8-11H2,1H3,(H,21,26)(H,22,27). The van der Waals surface area contributed by atoms with Gasteiger partial charge in [-0.25, -0.2) is 0 Å². The molecule has 9 nitrogen and oxygen atoms in total. The lowest BCUT2D eigenvalue weighted by atomic mass is 9.98. The first-order valence-electron chi connectivity index (χ1n) is 9.28. The van der Waals surface area contributed by atoms with E-state index in [-0.39, 0.29) is 22.6 Å². The molecule has 0 unspecified atom stereocenters. The Morgan fingerprint density at radius 3 is 2.31 bits per heavy atom. The van der Waals surface area contributed by atoms with Crippen LogP contribution in [0.15, 0.2) is 42.5 Å². The zero-order valence-electron chi connectivity index (χ0n) is 15.9. The minimum absolute atomic E-state index is 0.0164. The lowest BCUT2D eigenvalue weighted by Crippen LogP contribution is -2.42. The summed E-state index contributed by atoms with van der Waals surface area (Å²) in [5, 5.41) is 20.4. The van der Waals surface area contributed by atoms with Crippen molar-refractivity contribution in [3.8, 4) is 5.75 Å². The summed E-state index contributed by atoms with van der Waals surface area (Å²) in [5.74, 6) is -0.611. The molecule has 0 saturated carbocycles. The van der Waals surface area contributed by atoms with Gasteiger partial charge in [-0.05, 0) is 49.1 Å². The summed E-state index contributed by atoms with van der Waals surface area (Å²) in [6.45, 7) is 3.66. The predicted molar refractivity (Wildman–Crippen MR) is 107 cm³/mol. The molecular formula is C20H22N4O5. The summed E-state index contributed by atoms with van der Waals surface area (Å²) in [5.41, 5.74) is 5.37. The molecule has 2 aromatic rings. The topological polar surface area (TPSA) is 125 Å². The fourth-order valence-corrected chi connectivity index (χ4v) is 3.21. The van der Waals surface area contributed by atoms with E-state index in [4.69, 9.17) is 0 Å². The minimum Gasteiger partial charge on any atom is -0.508 e. The van der Waals surface area contributed by atoms with E-state index in [0.29, 0.717) is 11.6 Å². The highest BCUT2D eigenvalue weighted by molar-refractivity contribution is 6.02. The van der Waals surface area contributed by atoms with Gasteiger partial charge >= 0.3 is 0 Å². The van der Waals surface area contributed by atoms with E-state index in [1.54, 1.807) is 6.07 Å². The van der Waals surface area contributed by atoms with E-state index in [1.165, 1.54) is 36.4 Å². The third-order valence-electron chi connectivity index (χ3n) is 4.98. The molecule has 0 aliphatic carbocycles. The van der Waals surface area contributed by atoms with Gasteiger partial charge in [0.25, 0.3) is 17.5 Å². The van der Waals surface area contributed by atoms with Gasteiger partial charge in [0, 0.05) is 30.8 Å². The van der Waals surface area contributed by atoms with Gasteiger partial charge < -0.3 is 10.0 Å². The highest BCUT2D eigenvalue weighted by atomic mass is 16.6. The molecule has 2 amide bonds. The number of nitrogens with zero attached hydrogens (tertiary/aromatic N) is 2. The van der Waals surface area contributed by atoms with Crippen LogP contribution in [-0.2, 0) is 0 Å². The third-order valence-corrected chi connectivity index (χ3v) is 4.98. The van der Waals surface area contributed by atoms with E-state index in [1.807, 2.05) is 4.90 Å². The largest absolute Gasteiger partial charge is 0.508 e. The maximum atomic E-state index is 12.7. The SMILES string of the molecule is CC1CCN(c2ccc([N+](=O)[O-])cc2C(=O)NNC(=O)c2ccc(O)cc2)CC1. The van der Waals surface area contributed by atoms with Crippen LogP contribution >= 0.6 is 0 Å². The number of hydrogen-bond donors (Lipinski definition) is 3. The molecule has 1 aliphatic rings. The molecule has 0 radical (unpaired) electrons. The first kappa shape index (κ1) is 20.1. The molecule has 3 rings (SSSR count). The predicted octanol–water partition coefficient (Wildman–Crippen LogP) is 2.61. The number of anilines is 1. The third kappa shape index (κ3) is 4.81. The van der Waals surface area contributed by atoms with E-state index < -0.39 is 16.7 Å². The molecule has 9 heteroatoms. The van der Waals surface area contributed by atoms with Crippen LogP contribution in [0.2, 0.25) is 0 Å². The van der Waals surface area contributed by atoms with Gasteiger partial charge in [-0.3, -0.25) is 30.6 Å². The number of nitro benzene ring substituents is 1. The molecule has 152 valence electrons. The maximum Gasteiger partial charge on any atom is 0.272 e. The molecule has 1 saturated heterocycles. The van der Waals surface area contributed by atoms with E-state index in [0.717, 1.165) is 25.9 Å². The van der Waals surface area contributed by atoms with Crippen LogP contribution in [0.3, 0.4) is 0 Å². The summed E-state index contributed by atoms with van der Waals surface area (Å²) < 4.78 is 0. The van der Waals surface area contributed by atoms with Crippen molar-refractivity contribution in [2.24, 2.45) is 5.92 Å². The van der Waals surface area contributed by atoms with Gasteiger partial charge in [0.05, 0.1) is 16.2 Å². The number of non-ortho nitro benzene ring substituents is 1. The van der Waals surface area contributed by atoms with Crippen molar-refractivity contribution >= 4 is 23.2 Å². The minimum atomic E-state index is -0.644. The van der Waals surface area contributed by atoms with Gasteiger partial charge in [-0.15, -0.1) is 0 Å². The van der Waals surface area contributed by atoms with Crippen molar-refractivity contribution in [2.45, 2.75) is 19.8 Å². The molecule has 0 aromatic heterocycles. The number of nitrogens with one attached hydrogen (secondary N) is 2. The van der Waals surface area contributed by atoms with Crippen molar-refractivity contribution in [1.82, 2.24) is 10.9 Å². The molecule has 29 heavy (non-hydrogen) atoms. The summed E-state index contributed by atoms with van der Waals surface area (Å²) in [6, 6.07) is 9.69. The number of hydrogen-bond acceptors (Lipinski definition) is 6. The second kappa shape index (κ2) is 8.59.